The zero-order chi connectivity index (χ0) is 15.5. The number of carbonyl (C=O) groups is 1. The van der Waals surface area contributed by atoms with Crippen molar-refractivity contribution in [3.63, 3.8) is 0 Å². The second kappa shape index (κ2) is 6.23. The molecule has 0 aliphatic carbocycles. The first-order valence-electron chi connectivity index (χ1n) is 7.36. The number of hydrogen-bond donors (Lipinski definition) is 1. The van der Waals surface area contributed by atoms with E-state index >= 15 is 0 Å². The molecule has 0 amide bonds. The number of nitrogens with two attached hydrogens (primary N) is 1. The highest BCUT2D eigenvalue weighted by atomic mass is 16.1. The molecule has 0 spiro atoms. The van der Waals surface area contributed by atoms with E-state index in [2.05, 4.69) is 20.8 Å². The number of carbonyl (C=O) groups excluding carboxylic acids is 1. The van der Waals surface area contributed by atoms with E-state index in [9.17, 15) is 4.79 Å². The summed E-state index contributed by atoms with van der Waals surface area (Å²) in [5.41, 5.74) is 9.48. The maximum Gasteiger partial charge on any atom is 0.193 e. The zero-order valence-corrected chi connectivity index (χ0v) is 13.0. The van der Waals surface area contributed by atoms with Crippen LogP contribution < -0.4 is 5.73 Å². The topological polar surface area (TPSA) is 43.1 Å². The molecule has 0 fully saturated rings. The number of benzene rings is 2. The van der Waals surface area contributed by atoms with Gasteiger partial charge in [0.15, 0.2) is 5.78 Å². The third kappa shape index (κ3) is 3.79. The summed E-state index contributed by atoms with van der Waals surface area (Å²) in [5, 5.41) is 0. The molecule has 0 aliphatic heterocycles. The van der Waals surface area contributed by atoms with Crippen molar-refractivity contribution in [3.8, 4) is 0 Å². The summed E-state index contributed by atoms with van der Waals surface area (Å²) in [6, 6.07) is 15.6. The molecule has 2 rings (SSSR count). The molecular formula is C19H23NO. The lowest BCUT2D eigenvalue weighted by atomic mass is 9.86. The van der Waals surface area contributed by atoms with E-state index in [4.69, 9.17) is 5.73 Å². The molecule has 0 heterocycles. The van der Waals surface area contributed by atoms with Crippen LogP contribution in [0.4, 0.5) is 0 Å². The fourth-order valence-corrected chi connectivity index (χ4v) is 2.28. The number of hydrogen-bond acceptors (Lipinski definition) is 2. The Bertz CT molecular complexity index is 604. The van der Waals surface area contributed by atoms with Crippen LogP contribution in [0.15, 0.2) is 48.5 Å². The lowest BCUT2D eigenvalue weighted by Gasteiger charge is -2.19. The van der Waals surface area contributed by atoms with Gasteiger partial charge in [0.1, 0.15) is 0 Å². The van der Waals surface area contributed by atoms with Crippen LogP contribution in [0.3, 0.4) is 0 Å². The Morgan fingerprint density at radius 3 is 1.81 bits per heavy atom. The summed E-state index contributed by atoms with van der Waals surface area (Å²) in [6.45, 7) is 7.13. The summed E-state index contributed by atoms with van der Waals surface area (Å²) in [4.78, 5) is 12.5. The molecule has 0 bridgehead atoms. The van der Waals surface area contributed by atoms with Gasteiger partial charge in [0.2, 0.25) is 0 Å². The molecule has 2 heteroatoms. The van der Waals surface area contributed by atoms with E-state index in [1.54, 1.807) is 0 Å². The first-order chi connectivity index (χ1) is 9.91. The van der Waals surface area contributed by atoms with Crippen molar-refractivity contribution >= 4 is 5.78 Å². The predicted molar refractivity (Wildman–Crippen MR) is 87.8 cm³/mol. The standard InChI is InChI=1S/C19H23NO/c1-19(2,3)17-10-8-16(9-11-17)18(21)15-6-4-14(5-7-15)12-13-20/h4-11H,12-13,20H2,1-3H3. The Morgan fingerprint density at radius 2 is 1.38 bits per heavy atom. The molecule has 0 atom stereocenters. The summed E-state index contributed by atoms with van der Waals surface area (Å²) >= 11 is 0. The fourth-order valence-electron chi connectivity index (χ4n) is 2.28. The Balaban J connectivity index is 2.19. The number of ketones is 1. The van der Waals surface area contributed by atoms with Crippen molar-refractivity contribution < 1.29 is 4.79 Å². The van der Waals surface area contributed by atoms with Crippen molar-refractivity contribution in [2.75, 3.05) is 6.54 Å². The van der Waals surface area contributed by atoms with Gasteiger partial charge in [0, 0.05) is 11.1 Å². The Morgan fingerprint density at radius 1 is 0.905 bits per heavy atom. The van der Waals surface area contributed by atoms with E-state index in [0.717, 1.165) is 23.1 Å². The van der Waals surface area contributed by atoms with Gasteiger partial charge >= 0.3 is 0 Å². The maximum atomic E-state index is 12.5. The van der Waals surface area contributed by atoms with Gasteiger partial charge in [-0.15, -0.1) is 0 Å². The van der Waals surface area contributed by atoms with Gasteiger partial charge in [-0.3, -0.25) is 4.79 Å². The third-order valence-electron chi connectivity index (χ3n) is 3.66. The van der Waals surface area contributed by atoms with Crippen molar-refractivity contribution in [2.45, 2.75) is 32.6 Å². The van der Waals surface area contributed by atoms with E-state index in [1.807, 2.05) is 48.5 Å². The fraction of sp³-hybridized carbons (Fsp3) is 0.316. The first kappa shape index (κ1) is 15.5. The molecule has 2 aromatic carbocycles. The molecule has 110 valence electrons. The summed E-state index contributed by atoms with van der Waals surface area (Å²) in [7, 11) is 0. The average Bonchev–Trinajstić information content (AvgIpc) is 2.47. The van der Waals surface area contributed by atoms with Crippen molar-refractivity contribution in [3.05, 3.63) is 70.8 Å². The van der Waals surface area contributed by atoms with Crippen LogP contribution in [0.25, 0.3) is 0 Å². The molecule has 21 heavy (non-hydrogen) atoms. The van der Waals surface area contributed by atoms with Crippen LogP contribution in [-0.4, -0.2) is 12.3 Å². The minimum absolute atomic E-state index is 0.0646. The van der Waals surface area contributed by atoms with E-state index in [0.29, 0.717) is 6.54 Å². The molecule has 0 radical (unpaired) electrons. The summed E-state index contributed by atoms with van der Waals surface area (Å²) in [5.74, 6) is 0.0646. The van der Waals surface area contributed by atoms with Gasteiger partial charge in [-0.05, 0) is 29.5 Å². The quantitative estimate of drug-likeness (QED) is 0.868. The minimum atomic E-state index is 0.0646. The Hall–Kier alpha value is -1.93. The molecule has 0 unspecified atom stereocenters. The highest BCUT2D eigenvalue weighted by molar-refractivity contribution is 6.09. The van der Waals surface area contributed by atoms with Gasteiger partial charge in [-0.1, -0.05) is 69.3 Å². The smallest absolute Gasteiger partial charge is 0.193 e. The second-order valence-corrected chi connectivity index (χ2v) is 6.39. The second-order valence-electron chi connectivity index (χ2n) is 6.39. The molecule has 2 N–H and O–H groups in total. The molecule has 2 nitrogen and oxygen atoms in total. The van der Waals surface area contributed by atoms with E-state index < -0.39 is 0 Å². The van der Waals surface area contributed by atoms with Gasteiger partial charge < -0.3 is 5.73 Å². The minimum Gasteiger partial charge on any atom is -0.330 e. The Kier molecular flexibility index (Phi) is 4.59. The van der Waals surface area contributed by atoms with Crippen molar-refractivity contribution in [1.82, 2.24) is 0 Å². The van der Waals surface area contributed by atoms with Gasteiger partial charge in [-0.2, -0.15) is 0 Å². The first-order valence-corrected chi connectivity index (χ1v) is 7.36. The lowest BCUT2D eigenvalue weighted by Crippen LogP contribution is -2.11. The largest absolute Gasteiger partial charge is 0.330 e. The predicted octanol–water partition coefficient (Wildman–Crippen LogP) is 3.72. The summed E-state index contributed by atoms with van der Waals surface area (Å²) < 4.78 is 0. The highest BCUT2D eigenvalue weighted by Gasteiger charge is 2.15. The zero-order valence-electron chi connectivity index (χ0n) is 13.0. The van der Waals surface area contributed by atoms with Crippen LogP contribution in [0.5, 0.6) is 0 Å². The van der Waals surface area contributed by atoms with Crippen LogP contribution in [0, 0.1) is 0 Å². The number of rotatable bonds is 4. The maximum absolute atomic E-state index is 12.5. The van der Waals surface area contributed by atoms with E-state index in [1.165, 1.54) is 5.56 Å². The van der Waals surface area contributed by atoms with Crippen LogP contribution >= 0.6 is 0 Å². The van der Waals surface area contributed by atoms with Crippen molar-refractivity contribution in [1.29, 1.82) is 0 Å². The van der Waals surface area contributed by atoms with Crippen LogP contribution in [0.1, 0.15) is 47.8 Å². The van der Waals surface area contributed by atoms with Gasteiger partial charge in [0.25, 0.3) is 0 Å². The Labute approximate surface area is 127 Å². The molecule has 0 aliphatic rings. The van der Waals surface area contributed by atoms with E-state index in [-0.39, 0.29) is 11.2 Å². The highest BCUT2D eigenvalue weighted by Crippen LogP contribution is 2.23. The van der Waals surface area contributed by atoms with Gasteiger partial charge in [0.05, 0.1) is 0 Å². The van der Waals surface area contributed by atoms with Crippen LogP contribution in [0.2, 0.25) is 0 Å². The third-order valence-corrected chi connectivity index (χ3v) is 3.66. The molecule has 2 aromatic rings. The average molecular weight is 281 g/mol. The molecular weight excluding hydrogens is 258 g/mol. The molecule has 0 aromatic heterocycles. The van der Waals surface area contributed by atoms with Crippen molar-refractivity contribution in [2.24, 2.45) is 5.73 Å². The van der Waals surface area contributed by atoms with Gasteiger partial charge in [-0.25, -0.2) is 0 Å². The van der Waals surface area contributed by atoms with Crippen LogP contribution in [-0.2, 0) is 11.8 Å². The SMILES string of the molecule is CC(C)(C)c1ccc(C(=O)c2ccc(CCN)cc2)cc1. The molecule has 0 saturated carbocycles. The monoisotopic (exact) mass is 281 g/mol. The normalized spacial score (nSPS) is 11.4. The lowest BCUT2D eigenvalue weighted by molar-refractivity contribution is 0.103. The molecule has 0 saturated heterocycles. The summed E-state index contributed by atoms with van der Waals surface area (Å²) in [6.07, 6.45) is 0.842.